The monoisotopic (exact) mass is 422 g/mol. The normalized spacial score (nSPS) is 11.7. The Kier molecular flexibility index (Phi) is 6.43. The summed E-state index contributed by atoms with van der Waals surface area (Å²) in [6.07, 6.45) is 0.942. The van der Waals surface area contributed by atoms with Crippen molar-refractivity contribution in [2.75, 3.05) is 0 Å². The van der Waals surface area contributed by atoms with E-state index >= 15 is 0 Å². The standard InChI is InChI=1S/C28H26N2O2/c1-19-8-12-22(13-9-19)24-14-25(27(31)23-6-4-3-5-7-23)16-26(15-24)28(32)30-18-21-11-10-20(2)29-17-21/h3-17,27,31H,18H2,1-2H3,(H,30,32). The number of benzene rings is 3. The Morgan fingerprint density at radius 1 is 0.875 bits per heavy atom. The molecule has 1 unspecified atom stereocenters. The van der Waals surface area contributed by atoms with Crippen LogP contribution in [0.4, 0.5) is 0 Å². The number of aryl methyl sites for hydroxylation is 2. The van der Waals surface area contributed by atoms with Gasteiger partial charge >= 0.3 is 0 Å². The van der Waals surface area contributed by atoms with Gasteiger partial charge in [0.05, 0.1) is 0 Å². The SMILES string of the molecule is Cc1ccc(-c2cc(C(=O)NCc3ccc(C)nc3)cc(C(O)c3ccccc3)c2)cc1. The van der Waals surface area contributed by atoms with Crippen LogP contribution in [0.3, 0.4) is 0 Å². The van der Waals surface area contributed by atoms with Crippen LogP contribution in [0, 0.1) is 13.8 Å². The highest BCUT2D eigenvalue weighted by molar-refractivity contribution is 5.95. The van der Waals surface area contributed by atoms with Crippen LogP contribution in [0.15, 0.2) is 91.1 Å². The second-order valence-corrected chi connectivity index (χ2v) is 8.01. The van der Waals surface area contributed by atoms with Crippen LogP contribution >= 0.6 is 0 Å². The maximum absolute atomic E-state index is 13.0. The largest absolute Gasteiger partial charge is 0.384 e. The molecule has 0 bridgehead atoms. The fourth-order valence-corrected chi connectivity index (χ4v) is 3.57. The van der Waals surface area contributed by atoms with Crippen LogP contribution in [0.1, 0.15) is 44.4 Å². The fraction of sp³-hybridized carbons (Fsp3) is 0.143. The number of carbonyl (C=O) groups is 1. The Labute approximate surface area is 188 Å². The number of rotatable bonds is 6. The molecule has 3 aromatic carbocycles. The molecular weight excluding hydrogens is 396 g/mol. The first-order valence-corrected chi connectivity index (χ1v) is 10.6. The molecule has 1 atom stereocenters. The van der Waals surface area contributed by atoms with E-state index in [0.29, 0.717) is 17.7 Å². The molecule has 4 aromatic rings. The van der Waals surface area contributed by atoms with E-state index in [0.717, 1.165) is 27.9 Å². The molecule has 32 heavy (non-hydrogen) atoms. The molecule has 1 amide bonds. The summed E-state index contributed by atoms with van der Waals surface area (Å²) < 4.78 is 0. The highest BCUT2D eigenvalue weighted by Gasteiger charge is 2.16. The van der Waals surface area contributed by atoms with E-state index in [4.69, 9.17) is 0 Å². The number of aromatic nitrogens is 1. The maximum atomic E-state index is 13.0. The quantitative estimate of drug-likeness (QED) is 0.439. The highest BCUT2D eigenvalue weighted by Crippen LogP contribution is 2.29. The van der Waals surface area contributed by atoms with Gasteiger partial charge in [-0.15, -0.1) is 0 Å². The van der Waals surface area contributed by atoms with E-state index in [1.165, 1.54) is 5.56 Å². The first kappa shape index (κ1) is 21.5. The molecule has 0 aliphatic rings. The van der Waals surface area contributed by atoms with Crippen molar-refractivity contribution in [1.29, 1.82) is 0 Å². The molecular formula is C28H26N2O2. The number of pyridine rings is 1. The topological polar surface area (TPSA) is 62.2 Å². The van der Waals surface area contributed by atoms with Gasteiger partial charge in [0.2, 0.25) is 0 Å². The number of hydrogen-bond donors (Lipinski definition) is 2. The Morgan fingerprint density at radius 3 is 2.31 bits per heavy atom. The summed E-state index contributed by atoms with van der Waals surface area (Å²) in [6.45, 7) is 4.36. The smallest absolute Gasteiger partial charge is 0.251 e. The Bertz CT molecular complexity index is 1200. The van der Waals surface area contributed by atoms with Gasteiger partial charge < -0.3 is 10.4 Å². The zero-order valence-electron chi connectivity index (χ0n) is 18.2. The number of amides is 1. The number of aliphatic hydroxyl groups excluding tert-OH is 1. The average molecular weight is 423 g/mol. The Hall–Kier alpha value is -3.76. The summed E-state index contributed by atoms with van der Waals surface area (Å²) >= 11 is 0. The van der Waals surface area contributed by atoms with Gasteiger partial charge in [0.25, 0.3) is 5.91 Å². The maximum Gasteiger partial charge on any atom is 0.251 e. The summed E-state index contributed by atoms with van der Waals surface area (Å²) in [6, 6.07) is 27.1. The number of nitrogens with zero attached hydrogens (tertiary/aromatic N) is 1. The number of nitrogens with one attached hydrogen (secondary N) is 1. The molecule has 1 heterocycles. The number of hydrogen-bond acceptors (Lipinski definition) is 3. The molecule has 0 spiro atoms. The second kappa shape index (κ2) is 9.58. The van der Waals surface area contributed by atoms with Crippen molar-refractivity contribution in [2.45, 2.75) is 26.5 Å². The van der Waals surface area contributed by atoms with Gasteiger partial charge in [-0.1, -0.05) is 66.2 Å². The Morgan fingerprint density at radius 2 is 1.62 bits per heavy atom. The van der Waals surface area contributed by atoms with E-state index in [-0.39, 0.29) is 5.91 Å². The zero-order valence-corrected chi connectivity index (χ0v) is 18.2. The fourth-order valence-electron chi connectivity index (χ4n) is 3.57. The molecule has 0 radical (unpaired) electrons. The van der Waals surface area contributed by atoms with E-state index in [1.807, 2.05) is 92.7 Å². The van der Waals surface area contributed by atoms with Gasteiger partial charge in [-0.2, -0.15) is 0 Å². The summed E-state index contributed by atoms with van der Waals surface area (Å²) in [5, 5.41) is 14.0. The average Bonchev–Trinajstić information content (AvgIpc) is 2.83. The van der Waals surface area contributed by atoms with Gasteiger partial charge in [0, 0.05) is 24.0 Å². The number of aliphatic hydroxyl groups is 1. The van der Waals surface area contributed by atoms with Crippen molar-refractivity contribution in [1.82, 2.24) is 10.3 Å². The van der Waals surface area contributed by atoms with E-state index < -0.39 is 6.10 Å². The summed E-state index contributed by atoms with van der Waals surface area (Å²) in [7, 11) is 0. The first-order chi connectivity index (χ1) is 15.5. The minimum Gasteiger partial charge on any atom is -0.384 e. The van der Waals surface area contributed by atoms with Crippen molar-refractivity contribution in [2.24, 2.45) is 0 Å². The molecule has 0 saturated heterocycles. The van der Waals surface area contributed by atoms with Gasteiger partial charge in [-0.3, -0.25) is 9.78 Å². The molecule has 0 aliphatic carbocycles. The molecule has 4 heteroatoms. The molecule has 0 saturated carbocycles. The van der Waals surface area contributed by atoms with E-state index in [2.05, 4.69) is 10.3 Å². The lowest BCUT2D eigenvalue weighted by Gasteiger charge is -2.16. The first-order valence-electron chi connectivity index (χ1n) is 10.6. The molecule has 4 rings (SSSR count). The predicted octanol–water partition coefficient (Wildman–Crippen LogP) is 5.38. The van der Waals surface area contributed by atoms with Crippen LogP contribution in [0.25, 0.3) is 11.1 Å². The van der Waals surface area contributed by atoms with Crippen LogP contribution < -0.4 is 5.32 Å². The summed E-state index contributed by atoms with van der Waals surface area (Å²) in [5.74, 6) is -0.193. The Balaban J connectivity index is 1.66. The van der Waals surface area contributed by atoms with Gasteiger partial charge in [-0.25, -0.2) is 0 Å². The minimum atomic E-state index is -0.825. The molecule has 2 N–H and O–H groups in total. The lowest BCUT2D eigenvalue weighted by molar-refractivity contribution is 0.0950. The van der Waals surface area contributed by atoms with Crippen molar-refractivity contribution in [3.8, 4) is 11.1 Å². The lowest BCUT2D eigenvalue weighted by Crippen LogP contribution is -2.23. The van der Waals surface area contributed by atoms with Crippen LogP contribution in [-0.4, -0.2) is 16.0 Å². The highest BCUT2D eigenvalue weighted by atomic mass is 16.3. The second-order valence-electron chi connectivity index (χ2n) is 8.01. The van der Waals surface area contributed by atoms with Crippen LogP contribution in [-0.2, 0) is 6.54 Å². The van der Waals surface area contributed by atoms with Gasteiger partial charge in [-0.05, 0) is 65.9 Å². The molecule has 0 fully saturated rings. The van der Waals surface area contributed by atoms with Gasteiger partial charge in [0.1, 0.15) is 6.10 Å². The molecule has 4 nitrogen and oxygen atoms in total. The van der Waals surface area contributed by atoms with Crippen LogP contribution in [0.5, 0.6) is 0 Å². The third-order valence-electron chi connectivity index (χ3n) is 5.46. The van der Waals surface area contributed by atoms with Crippen molar-refractivity contribution < 1.29 is 9.90 Å². The van der Waals surface area contributed by atoms with E-state index in [1.54, 1.807) is 12.3 Å². The summed E-state index contributed by atoms with van der Waals surface area (Å²) in [4.78, 5) is 17.3. The number of carbonyl (C=O) groups excluding carboxylic acids is 1. The third kappa shape index (κ3) is 5.10. The zero-order chi connectivity index (χ0) is 22.5. The minimum absolute atomic E-state index is 0.193. The lowest BCUT2D eigenvalue weighted by atomic mass is 9.94. The summed E-state index contributed by atoms with van der Waals surface area (Å²) in [5.41, 5.74) is 6.89. The van der Waals surface area contributed by atoms with E-state index in [9.17, 15) is 9.90 Å². The molecule has 1 aromatic heterocycles. The predicted molar refractivity (Wildman–Crippen MR) is 127 cm³/mol. The third-order valence-corrected chi connectivity index (χ3v) is 5.46. The van der Waals surface area contributed by atoms with Crippen LogP contribution in [0.2, 0.25) is 0 Å². The van der Waals surface area contributed by atoms with Crippen molar-refractivity contribution in [3.05, 3.63) is 125 Å². The molecule has 0 aliphatic heterocycles. The van der Waals surface area contributed by atoms with Crippen molar-refractivity contribution in [3.63, 3.8) is 0 Å². The molecule has 160 valence electrons. The van der Waals surface area contributed by atoms with Gasteiger partial charge in [0.15, 0.2) is 0 Å². The van der Waals surface area contributed by atoms with Crippen molar-refractivity contribution >= 4 is 5.91 Å².